The number of likely N-dealkylation sites (N-methyl/N-ethyl adjacent to an activating group) is 2. The summed E-state index contributed by atoms with van der Waals surface area (Å²) in [7, 11) is 3.85. The zero-order valence-corrected chi connectivity index (χ0v) is 12.4. The highest BCUT2D eigenvalue weighted by molar-refractivity contribution is 6.34. The van der Waals surface area contributed by atoms with Crippen molar-refractivity contribution in [3.8, 4) is 0 Å². The second-order valence-corrected chi connectivity index (χ2v) is 5.59. The van der Waals surface area contributed by atoms with E-state index in [0.717, 1.165) is 25.9 Å². The molecule has 2 heterocycles. The molecule has 2 rings (SSSR count). The molecule has 1 unspecified atom stereocenters. The molecule has 7 heteroatoms. The summed E-state index contributed by atoms with van der Waals surface area (Å²) in [5, 5.41) is 7.53. The SMILES string of the molecule is CN1CCCC(N(C)C(=O)c2cc(Cl)nnc2Cl)C1. The molecule has 1 atom stereocenters. The van der Waals surface area contributed by atoms with Crippen molar-refractivity contribution in [3.63, 3.8) is 0 Å². The molecule has 1 amide bonds. The maximum atomic E-state index is 12.4. The van der Waals surface area contributed by atoms with E-state index in [-0.39, 0.29) is 22.3 Å². The second-order valence-electron chi connectivity index (χ2n) is 4.85. The van der Waals surface area contributed by atoms with Gasteiger partial charge in [0.05, 0.1) is 5.56 Å². The van der Waals surface area contributed by atoms with Crippen LogP contribution in [0.1, 0.15) is 23.2 Å². The molecule has 1 saturated heterocycles. The Hall–Kier alpha value is -0.910. The zero-order valence-electron chi connectivity index (χ0n) is 10.9. The van der Waals surface area contributed by atoms with Gasteiger partial charge in [0, 0.05) is 19.6 Å². The highest BCUT2D eigenvalue weighted by Gasteiger charge is 2.26. The van der Waals surface area contributed by atoms with Gasteiger partial charge in [-0.2, -0.15) is 0 Å². The monoisotopic (exact) mass is 302 g/mol. The first-order valence-corrected chi connectivity index (χ1v) is 6.89. The van der Waals surface area contributed by atoms with Crippen LogP contribution in [0.25, 0.3) is 0 Å². The van der Waals surface area contributed by atoms with Crippen LogP contribution in [0.2, 0.25) is 10.3 Å². The van der Waals surface area contributed by atoms with Crippen molar-refractivity contribution < 1.29 is 4.79 Å². The molecule has 1 fully saturated rings. The fourth-order valence-corrected chi connectivity index (χ4v) is 2.63. The third-order valence-electron chi connectivity index (χ3n) is 3.42. The maximum Gasteiger partial charge on any atom is 0.257 e. The van der Waals surface area contributed by atoms with Crippen LogP contribution in [0, 0.1) is 0 Å². The Balaban J connectivity index is 2.16. The van der Waals surface area contributed by atoms with Crippen LogP contribution >= 0.6 is 23.2 Å². The number of carbonyl (C=O) groups is 1. The topological polar surface area (TPSA) is 49.3 Å². The van der Waals surface area contributed by atoms with Crippen LogP contribution in [0.4, 0.5) is 0 Å². The second kappa shape index (κ2) is 6.03. The lowest BCUT2D eigenvalue weighted by Crippen LogP contribution is -2.47. The Morgan fingerprint density at radius 3 is 2.89 bits per heavy atom. The molecule has 104 valence electrons. The molecular weight excluding hydrogens is 287 g/mol. The third kappa shape index (κ3) is 3.35. The molecule has 0 aromatic carbocycles. The maximum absolute atomic E-state index is 12.4. The Morgan fingerprint density at radius 2 is 2.21 bits per heavy atom. The molecule has 1 aliphatic rings. The lowest BCUT2D eigenvalue weighted by Gasteiger charge is -2.35. The molecule has 0 radical (unpaired) electrons. The van der Waals surface area contributed by atoms with Gasteiger partial charge in [0.1, 0.15) is 0 Å². The largest absolute Gasteiger partial charge is 0.337 e. The van der Waals surface area contributed by atoms with Gasteiger partial charge in [-0.25, -0.2) is 0 Å². The van der Waals surface area contributed by atoms with E-state index in [1.54, 1.807) is 11.9 Å². The van der Waals surface area contributed by atoms with Crippen LogP contribution in [0.15, 0.2) is 6.07 Å². The minimum Gasteiger partial charge on any atom is -0.337 e. The van der Waals surface area contributed by atoms with E-state index in [2.05, 4.69) is 22.1 Å². The number of carbonyl (C=O) groups excluding carboxylic acids is 1. The van der Waals surface area contributed by atoms with Crippen LogP contribution in [0.5, 0.6) is 0 Å². The first-order valence-electron chi connectivity index (χ1n) is 6.13. The normalized spacial score (nSPS) is 20.3. The fourth-order valence-electron chi connectivity index (χ4n) is 2.31. The smallest absolute Gasteiger partial charge is 0.257 e. The van der Waals surface area contributed by atoms with Crippen LogP contribution in [-0.4, -0.2) is 59.1 Å². The van der Waals surface area contributed by atoms with E-state index in [0.29, 0.717) is 5.56 Å². The van der Waals surface area contributed by atoms with Crippen molar-refractivity contribution in [2.75, 3.05) is 27.2 Å². The van der Waals surface area contributed by atoms with E-state index >= 15 is 0 Å². The lowest BCUT2D eigenvalue weighted by atomic mass is 10.0. The van der Waals surface area contributed by atoms with Crippen molar-refractivity contribution >= 4 is 29.1 Å². The molecule has 0 aliphatic carbocycles. The van der Waals surface area contributed by atoms with Crippen molar-refractivity contribution in [2.45, 2.75) is 18.9 Å². The van der Waals surface area contributed by atoms with E-state index in [4.69, 9.17) is 23.2 Å². The van der Waals surface area contributed by atoms with Crippen LogP contribution in [0.3, 0.4) is 0 Å². The van der Waals surface area contributed by atoms with Crippen molar-refractivity contribution in [1.82, 2.24) is 20.0 Å². The number of nitrogens with zero attached hydrogens (tertiary/aromatic N) is 4. The van der Waals surface area contributed by atoms with Gasteiger partial charge in [-0.3, -0.25) is 4.79 Å². The van der Waals surface area contributed by atoms with Gasteiger partial charge in [-0.1, -0.05) is 23.2 Å². The van der Waals surface area contributed by atoms with Gasteiger partial charge in [0.2, 0.25) is 0 Å². The predicted octanol–water partition coefficient (Wildman–Crippen LogP) is 1.95. The number of hydrogen-bond donors (Lipinski definition) is 0. The van der Waals surface area contributed by atoms with Gasteiger partial charge in [-0.15, -0.1) is 10.2 Å². The summed E-state index contributed by atoms with van der Waals surface area (Å²) in [5.41, 5.74) is 0.303. The van der Waals surface area contributed by atoms with Gasteiger partial charge in [-0.05, 0) is 32.5 Å². The molecule has 1 aromatic rings. The van der Waals surface area contributed by atoms with E-state index in [1.165, 1.54) is 6.07 Å². The fraction of sp³-hybridized carbons (Fsp3) is 0.583. The molecule has 1 aliphatic heterocycles. The summed E-state index contributed by atoms with van der Waals surface area (Å²) in [4.78, 5) is 16.4. The van der Waals surface area contributed by atoms with E-state index in [1.807, 2.05) is 0 Å². The third-order valence-corrected chi connectivity index (χ3v) is 3.88. The van der Waals surface area contributed by atoms with Crippen molar-refractivity contribution in [3.05, 3.63) is 21.9 Å². The quantitative estimate of drug-likeness (QED) is 0.838. The molecule has 19 heavy (non-hydrogen) atoms. The van der Waals surface area contributed by atoms with E-state index < -0.39 is 0 Å². The first-order chi connectivity index (χ1) is 8.99. The zero-order chi connectivity index (χ0) is 14.0. The predicted molar refractivity (Wildman–Crippen MR) is 74.7 cm³/mol. The van der Waals surface area contributed by atoms with Gasteiger partial charge < -0.3 is 9.80 Å². The van der Waals surface area contributed by atoms with Gasteiger partial charge in [0.25, 0.3) is 5.91 Å². The number of amides is 1. The minimum absolute atomic E-state index is 0.0883. The summed E-state index contributed by atoms with van der Waals surface area (Å²) < 4.78 is 0. The highest BCUT2D eigenvalue weighted by atomic mass is 35.5. The minimum atomic E-state index is -0.165. The van der Waals surface area contributed by atoms with Crippen molar-refractivity contribution in [2.24, 2.45) is 0 Å². The molecular formula is C12H16Cl2N4O. The molecule has 0 spiro atoms. The average molecular weight is 303 g/mol. The molecule has 0 saturated carbocycles. The number of piperidine rings is 1. The number of rotatable bonds is 2. The summed E-state index contributed by atoms with van der Waals surface area (Å²) in [6.45, 7) is 1.94. The number of aromatic nitrogens is 2. The Kier molecular flexibility index (Phi) is 4.60. The summed E-state index contributed by atoms with van der Waals surface area (Å²) in [6, 6.07) is 1.65. The summed E-state index contributed by atoms with van der Waals surface area (Å²) in [6.07, 6.45) is 2.08. The average Bonchev–Trinajstić information content (AvgIpc) is 2.40. The highest BCUT2D eigenvalue weighted by Crippen LogP contribution is 2.20. The molecule has 5 nitrogen and oxygen atoms in total. The standard InChI is InChI=1S/C12H16Cl2N4O/c1-17-5-3-4-8(7-17)18(2)12(19)9-6-10(13)15-16-11(9)14/h6,8H,3-5,7H2,1-2H3. The van der Waals surface area contributed by atoms with Crippen molar-refractivity contribution in [1.29, 1.82) is 0 Å². The molecule has 0 N–H and O–H groups in total. The van der Waals surface area contributed by atoms with E-state index in [9.17, 15) is 4.79 Å². The number of likely N-dealkylation sites (tertiary alicyclic amines) is 1. The van der Waals surface area contributed by atoms with Gasteiger partial charge >= 0.3 is 0 Å². The lowest BCUT2D eigenvalue weighted by molar-refractivity contribution is 0.0643. The Morgan fingerprint density at radius 1 is 1.47 bits per heavy atom. The summed E-state index contributed by atoms with van der Waals surface area (Å²) in [5.74, 6) is -0.165. The van der Waals surface area contributed by atoms with Crippen LogP contribution < -0.4 is 0 Å². The molecule has 0 bridgehead atoms. The summed E-state index contributed by atoms with van der Waals surface area (Å²) >= 11 is 11.7. The Labute approximate surface area is 122 Å². The van der Waals surface area contributed by atoms with Crippen LogP contribution in [-0.2, 0) is 0 Å². The Bertz CT molecular complexity index is 483. The number of hydrogen-bond acceptors (Lipinski definition) is 4. The van der Waals surface area contributed by atoms with Gasteiger partial charge in [0.15, 0.2) is 10.3 Å². The molecule has 1 aromatic heterocycles. The number of halogens is 2. The first kappa shape index (κ1) is 14.5.